The highest BCUT2D eigenvalue weighted by atomic mass is 35.5. The molecule has 1 aliphatic carbocycles. The van der Waals surface area contributed by atoms with Gasteiger partial charge in [-0.1, -0.05) is 48.0 Å². The summed E-state index contributed by atoms with van der Waals surface area (Å²) in [4.78, 5) is 37.0. The van der Waals surface area contributed by atoms with Gasteiger partial charge in [-0.15, -0.1) is 11.6 Å². The van der Waals surface area contributed by atoms with E-state index < -0.39 is 17.5 Å². The van der Waals surface area contributed by atoms with Crippen LogP contribution >= 0.6 is 11.6 Å². The van der Waals surface area contributed by atoms with E-state index in [-0.39, 0.29) is 61.0 Å². The number of rotatable bonds is 13. The molecule has 2 aliphatic rings. The number of ether oxygens (including phenoxy) is 4. The summed E-state index contributed by atoms with van der Waals surface area (Å²) in [6.07, 6.45) is 6.55. The maximum Gasteiger partial charge on any atom is 0.320 e. The van der Waals surface area contributed by atoms with Gasteiger partial charge in [-0.05, 0) is 69.6 Å². The third kappa shape index (κ3) is 10.5. The molecule has 0 aromatic rings. The van der Waals surface area contributed by atoms with Gasteiger partial charge >= 0.3 is 17.9 Å². The molecule has 1 saturated carbocycles. The highest BCUT2D eigenvalue weighted by Crippen LogP contribution is 2.50. The zero-order chi connectivity index (χ0) is 29.4. The Hall–Kier alpha value is -1.34. The van der Waals surface area contributed by atoms with Crippen LogP contribution in [0.5, 0.6) is 0 Å². The molecular weight excluding hydrogens is 520 g/mol. The molecule has 39 heavy (non-hydrogen) atoms. The van der Waals surface area contributed by atoms with Crippen LogP contribution in [0, 0.1) is 29.1 Å². The number of carbonyl (C=O) groups is 3. The van der Waals surface area contributed by atoms with Crippen molar-refractivity contribution in [3.8, 4) is 0 Å². The standard InChI is InChI=1S/C31H53ClO7/c1-20(2)25-12-11-22(5)17-31(25)13-9-10-24(39-31)16-26(30(7,8)19-36-29(35)18-32)38-28(34)15-23(6)14-27(33)37-21(3)4/h20-26H,9-19H2,1-8H3/t22-,23+,24+,25+,26+,31?/m1/s1. The molecule has 2 rings (SSSR count). The van der Waals surface area contributed by atoms with Gasteiger partial charge in [-0.2, -0.15) is 0 Å². The minimum Gasteiger partial charge on any atom is -0.464 e. The lowest BCUT2D eigenvalue weighted by Crippen LogP contribution is -2.53. The molecule has 0 N–H and O–H groups in total. The average Bonchev–Trinajstić information content (AvgIpc) is 2.81. The predicted molar refractivity (Wildman–Crippen MR) is 152 cm³/mol. The van der Waals surface area contributed by atoms with E-state index in [0.717, 1.165) is 25.7 Å². The van der Waals surface area contributed by atoms with Crippen molar-refractivity contribution in [2.24, 2.45) is 29.1 Å². The van der Waals surface area contributed by atoms with E-state index in [9.17, 15) is 14.4 Å². The molecule has 0 aromatic heterocycles. The normalized spacial score (nSPS) is 27.3. The van der Waals surface area contributed by atoms with E-state index in [1.165, 1.54) is 12.8 Å². The van der Waals surface area contributed by atoms with E-state index in [4.69, 9.17) is 30.5 Å². The Morgan fingerprint density at radius 2 is 1.62 bits per heavy atom. The summed E-state index contributed by atoms with van der Waals surface area (Å²) in [6.45, 7) is 16.3. The van der Waals surface area contributed by atoms with Gasteiger partial charge in [-0.25, -0.2) is 0 Å². The maximum absolute atomic E-state index is 13.1. The van der Waals surface area contributed by atoms with Crippen molar-refractivity contribution in [1.82, 2.24) is 0 Å². The summed E-state index contributed by atoms with van der Waals surface area (Å²) < 4.78 is 23.7. The quantitative estimate of drug-likeness (QED) is 0.135. The van der Waals surface area contributed by atoms with Crippen LogP contribution in [0.1, 0.15) is 113 Å². The third-order valence-electron chi connectivity index (χ3n) is 8.41. The number of alkyl halides is 1. The van der Waals surface area contributed by atoms with Gasteiger partial charge in [0.25, 0.3) is 0 Å². The molecular formula is C31H53ClO7. The van der Waals surface area contributed by atoms with Crippen LogP contribution in [-0.2, 0) is 33.3 Å². The van der Waals surface area contributed by atoms with Crippen LogP contribution in [0.25, 0.3) is 0 Å². The molecule has 0 aromatic carbocycles. The first-order valence-electron chi connectivity index (χ1n) is 15.0. The molecule has 0 amide bonds. The Kier molecular flexibility index (Phi) is 13.1. The zero-order valence-electron chi connectivity index (χ0n) is 25.6. The van der Waals surface area contributed by atoms with Crippen molar-refractivity contribution < 1.29 is 33.3 Å². The van der Waals surface area contributed by atoms with E-state index in [0.29, 0.717) is 24.2 Å². The Balaban J connectivity index is 2.16. The molecule has 1 heterocycles. The Labute approximate surface area is 241 Å². The molecule has 0 bridgehead atoms. The summed E-state index contributed by atoms with van der Waals surface area (Å²) in [7, 11) is 0. The van der Waals surface area contributed by atoms with Crippen LogP contribution in [0.2, 0.25) is 0 Å². The Morgan fingerprint density at radius 3 is 2.21 bits per heavy atom. The highest BCUT2D eigenvalue weighted by molar-refractivity contribution is 6.26. The van der Waals surface area contributed by atoms with Gasteiger partial charge in [-0.3, -0.25) is 14.4 Å². The summed E-state index contributed by atoms with van der Waals surface area (Å²) >= 11 is 5.65. The second kappa shape index (κ2) is 15.0. The minimum atomic E-state index is -0.650. The van der Waals surface area contributed by atoms with E-state index in [1.807, 2.05) is 20.8 Å². The molecule has 1 saturated heterocycles. The van der Waals surface area contributed by atoms with E-state index in [1.54, 1.807) is 13.8 Å². The summed E-state index contributed by atoms with van der Waals surface area (Å²) in [5.74, 6) is 0.0377. The topological polar surface area (TPSA) is 88.1 Å². The fourth-order valence-electron chi connectivity index (χ4n) is 6.50. The lowest BCUT2D eigenvalue weighted by atomic mass is 9.64. The lowest BCUT2D eigenvalue weighted by molar-refractivity contribution is -0.205. The van der Waals surface area contributed by atoms with Crippen LogP contribution in [0.4, 0.5) is 0 Å². The van der Waals surface area contributed by atoms with E-state index >= 15 is 0 Å². The second-order valence-corrected chi connectivity index (χ2v) is 13.8. The van der Waals surface area contributed by atoms with Gasteiger partial charge in [0.05, 0.1) is 24.4 Å². The van der Waals surface area contributed by atoms with Crippen LogP contribution < -0.4 is 0 Å². The third-order valence-corrected chi connectivity index (χ3v) is 8.62. The molecule has 1 spiro atoms. The highest BCUT2D eigenvalue weighted by Gasteiger charge is 2.49. The van der Waals surface area contributed by atoms with Crippen molar-refractivity contribution >= 4 is 29.5 Å². The maximum atomic E-state index is 13.1. The van der Waals surface area contributed by atoms with E-state index in [2.05, 4.69) is 20.8 Å². The van der Waals surface area contributed by atoms with Crippen LogP contribution in [0.15, 0.2) is 0 Å². The van der Waals surface area contributed by atoms with Crippen molar-refractivity contribution in [2.45, 2.75) is 137 Å². The first-order chi connectivity index (χ1) is 18.2. The largest absolute Gasteiger partial charge is 0.464 e. The molecule has 1 unspecified atom stereocenters. The van der Waals surface area contributed by atoms with Gasteiger partial charge in [0.15, 0.2) is 0 Å². The number of esters is 3. The molecule has 226 valence electrons. The monoisotopic (exact) mass is 572 g/mol. The molecule has 8 heteroatoms. The average molecular weight is 573 g/mol. The van der Waals surface area contributed by atoms with Crippen molar-refractivity contribution in [3.63, 3.8) is 0 Å². The van der Waals surface area contributed by atoms with Gasteiger partial charge in [0, 0.05) is 24.7 Å². The number of halogens is 1. The van der Waals surface area contributed by atoms with Gasteiger partial charge in [0.2, 0.25) is 0 Å². The number of carbonyl (C=O) groups excluding carboxylic acids is 3. The number of hydrogen-bond donors (Lipinski definition) is 0. The second-order valence-electron chi connectivity index (χ2n) is 13.5. The Morgan fingerprint density at radius 1 is 0.974 bits per heavy atom. The summed E-state index contributed by atoms with van der Waals surface area (Å²) in [6, 6.07) is 0. The van der Waals surface area contributed by atoms with Crippen molar-refractivity contribution in [2.75, 3.05) is 12.5 Å². The summed E-state index contributed by atoms with van der Waals surface area (Å²) in [5, 5.41) is 0. The predicted octanol–water partition coefficient (Wildman–Crippen LogP) is 6.86. The van der Waals surface area contributed by atoms with Crippen molar-refractivity contribution in [3.05, 3.63) is 0 Å². The first kappa shape index (κ1) is 33.9. The fraction of sp³-hybridized carbons (Fsp3) is 0.903. The Bertz CT molecular complexity index is 811. The van der Waals surface area contributed by atoms with Crippen LogP contribution in [0.3, 0.4) is 0 Å². The number of hydrogen-bond acceptors (Lipinski definition) is 7. The molecule has 7 nitrogen and oxygen atoms in total. The fourth-order valence-corrected chi connectivity index (χ4v) is 6.58. The smallest absolute Gasteiger partial charge is 0.320 e. The SMILES string of the molecule is CC(C)OC(=O)C[C@H](C)CC(=O)O[C@@H](C[C@@H]1CCCC2(C[C@H](C)CC[C@H]2C(C)C)O1)C(C)(C)COC(=O)CCl. The molecule has 2 fully saturated rings. The lowest BCUT2D eigenvalue weighted by Gasteiger charge is -2.52. The zero-order valence-corrected chi connectivity index (χ0v) is 26.3. The molecule has 1 aliphatic heterocycles. The summed E-state index contributed by atoms with van der Waals surface area (Å²) in [5.41, 5.74) is -0.785. The first-order valence-corrected chi connectivity index (χ1v) is 15.5. The minimum absolute atomic E-state index is 0.0513. The molecule has 6 atom stereocenters. The van der Waals surface area contributed by atoms with Crippen LogP contribution in [-0.4, -0.2) is 54.3 Å². The van der Waals surface area contributed by atoms with Gasteiger partial charge in [0.1, 0.15) is 12.0 Å². The van der Waals surface area contributed by atoms with Crippen molar-refractivity contribution in [1.29, 1.82) is 0 Å². The van der Waals surface area contributed by atoms with Gasteiger partial charge < -0.3 is 18.9 Å². The molecule has 0 radical (unpaired) electrons.